The summed E-state index contributed by atoms with van der Waals surface area (Å²) in [5.74, 6) is -0.452. The van der Waals surface area contributed by atoms with Crippen LogP contribution in [0.4, 0.5) is 0 Å². The molecule has 0 aliphatic carbocycles. The second kappa shape index (κ2) is 8.53. The average molecular weight is 399 g/mol. The molecule has 4 rings (SSSR count). The molecule has 1 aromatic rings. The number of likely N-dealkylation sites (tertiary alicyclic amines) is 2. The van der Waals surface area contributed by atoms with E-state index in [0.717, 1.165) is 26.1 Å². The van der Waals surface area contributed by atoms with Gasteiger partial charge in [-0.25, -0.2) is 0 Å². The number of amides is 2. The summed E-state index contributed by atoms with van der Waals surface area (Å²) in [4.78, 5) is 41.3. The van der Waals surface area contributed by atoms with Gasteiger partial charge in [-0.2, -0.15) is 0 Å². The first-order valence-corrected chi connectivity index (χ1v) is 10.6. The summed E-state index contributed by atoms with van der Waals surface area (Å²) in [6.45, 7) is 4.07. The molecule has 0 radical (unpaired) electrons. The van der Waals surface area contributed by atoms with Gasteiger partial charge < -0.3 is 15.0 Å². The molecule has 1 unspecified atom stereocenters. The van der Waals surface area contributed by atoms with Crippen LogP contribution < -0.4 is 5.32 Å². The third-order valence-electron chi connectivity index (χ3n) is 6.50. The van der Waals surface area contributed by atoms with E-state index in [-0.39, 0.29) is 30.4 Å². The molecule has 0 aromatic heterocycles. The van der Waals surface area contributed by atoms with Gasteiger partial charge in [0.25, 0.3) is 5.91 Å². The number of rotatable bonds is 5. The van der Waals surface area contributed by atoms with Crippen LogP contribution in [-0.4, -0.2) is 73.0 Å². The van der Waals surface area contributed by atoms with Gasteiger partial charge in [-0.1, -0.05) is 18.2 Å². The number of cyclic esters (lactones) is 1. The molecule has 3 heterocycles. The molecule has 2 amide bonds. The highest BCUT2D eigenvalue weighted by molar-refractivity contribution is 5.96. The van der Waals surface area contributed by atoms with Crippen LogP contribution in [0.3, 0.4) is 0 Å². The van der Waals surface area contributed by atoms with E-state index in [4.69, 9.17) is 4.74 Å². The Morgan fingerprint density at radius 2 is 1.76 bits per heavy atom. The van der Waals surface area contributed by atoms with Gasteiger partial charge in [0.05, 0.1) is 12.0 Å². The summed E-state index contributed by atoms with van der Waals surface area (Å²) in [6.07, 6.45) is 4.47. The number of carbonyl (C=O) groups is 3. The van der Waals surface area contributed by atoms with Crippen molar-refractivity contribution in [3.63, 3.8) is 0 Å². The first-order valence-electron chi connectivity index (χ1n) is 10.6. The van der Waals surface area contributed by atoms with Crippen molar-refractivity contribution < 1.29 is 19.1 Å². The molecule has 3 aliphatic rings. The summed E-state index contributed by atoms with van der Waals surface area (Å²) in [5.41, 5.74) is 0.102. The third kappa shape index (κ3) is 4.45. The quantitative estimate of drug-likeness (QED) is 0.758. The van der Waals surface area contributed by atoms with E-state index < -0.39 is 5.41 Å². The minimum atomic E-state index is -0.436. The van der Waals surface area contributed by atoms with Crippen LogP contribution >= 0.6 is 0 Å². The van der Waals surface area contributed by atoms with Gasteiger partial charge in [0.1, 0.15) is 6.10 Å². The maximum Gasteiger partial charge on any atom is 0.312 e. The fourth-order valence-corrected chi connectivity index (χ4v) is 4.74. The molecule has 7 nitrogen and oxygen atoms in total. The zero-order valence-corrected chi connectivity index (χ0v) is 16.8. The molecule has 3 aliphatic heterocycles. The number of esters is 1. The summed E-state index contributed by atoms with van der Waals surface area (Å²) >= 11 is 0. The van der Waals surface area contributed by atoms with Gasteiger partial charge in [0.15, 0.2) is 0 Å². The van der Waals surface area contributed by atoms with Crippen LogP contribution in [0.2, 0.25) is 0 Å². The van der Waals surface area contributed by atoms with Crippen molar-refractivity contribution in [2.75, 3.05) is 39.3 Å². The molecule has 29 heavy (non-hydrogen) atoms. The number of hydrogen-bond donors (Lipinski definition) is 1. The van der Waals surface area contributed by atoms with Crippen molar-refractivity contribution in [3.05, 3.63) is 35.9 Å². The number of ether oxygens (including phenoxy) is 1. The maximum absolute atomic E-state index is 12.6. The smallest absolute Gasteiger partial charge is 0.312 e. The van der Waals surface area contributed by atoms with E-state index in [1.165, 1.54) is 12.8 Å². The predicted molar refractivity (Wildman–Crippen MR) is 107 cm³/mol. The van der Waals surface area contributed by atoms with Crippen molar-refractivity contribution in [1.29, 1.82) is 0 Å². The summed E-state index contributed by atoms with van der Waals surface area (Å²) < 4.78 is 5.70. The molecular formula is C22H29N3O4. The lowest BCUT2D eigenvalue weighted by Gasteiger charge is -2.36. The third-order valence-corrected chi connectivity index (χ3v) is 6.50. The van der Waals surface area contributed by atoms with Gasteiger partial charge in [0, 0.05) is 31.6 Å². The molecule has 1 spiro atoms. The Morgan fingerprint density at radius 3 is 2.45 bits per heavy atom. The van der Waals surface area contributed by atoms with Crippen molar-refractivity contribution in [2.45, 2.75) is 38.2 Å². The largest absolute Gasteiger partial charge is 0.461 e. The second-order valence-corrected chi connectivity index (χ2v) is 8.45. The van der Waals surface area contributed by atoms with Gasteiger partial charge in [-0.15, -0.1) is 0 Å². The Hall–Kier alpha value is -2.41. The van der Waals surface area contributed by atoms with Gasteiger partial charge >= 0.3 is 5.97 Å². The van der Waals surface area contributed by atoms with Crippen LogP contribution in [0.1, 0.15) is 42.5 Å². The number of carbonyl (C=O) groups excluding carboxylic acids is 3. The van der Waals surface area contributed by atoms with E-state index in [1.807, 2.05) is 6.07 Å². The molecule has 7 heteroatoms. The SMILES string of the molecule is O=C(NCC(=O)N1CCC2(CC1)CC(CN1CCCC1)OC2=O)c1ccccc1. The number of hydrogen-bond acceptors (Lipinski definition) is 5. The first-order chi connectivity index (χ1) is 14.1. The van der Waals surface area contributed by atoms with Crippen molar-refractivity contribution in [3.8, 4) is 0 Å². The van der Waals surface area contributed by atoms with Gasteiger partial charge in [0.2, 0.25) is 5.91 Å². The lowest BCUT2D eigenvalue weighted by Crippen LogP contribution is -2.48. The number of piperidine rings is 1. The number of benzene rings is 1. The molecule has 0 bridgehead atoms. The Kier molecular flexibility index (Phi) is 5.85. The fraction of sp³-hybridized carbons (Fsp3) is 0.591. The molecule has 1 atom stereocenters. The molecule has 1 aromatic carbocycles. The average Bonchev–Trinajstić information content (AvgIpc) is 3.35. The Bertz CT molecular complexity index is 753. The standard InChI is InChI=1S/C22H29N3O4/c26-19(15-23-20(27)17-6-2-1-3-7-17)25-12-8-22(9-13-25)14-18(29-21(22)28)16-24-10-4-5-11-24/h1-3,6-7,18H,4-5,8-16H2,(H,23,27). The summed E-state index contributed by atoms with van der Waals surface area (Å²) in [6, 6.07) is 8.86. The van der Waals surface area contributed by atoms with Crippen molar-refractivity contribution >= 4 is 17.8 Å². The Balaban J connectivity index is 1.25. The maximum atomic E-state index is 12.6. The van der Waals surface area contributed by atoms with Crippen LogP contribution in [0, 0.1) is 5.41 Å². The van der Waals surface area contributed by atoms with E-state index >= 15 is 0 Å². The molecule has 0 saturated carbocycles. The van der Waals surface area contributed by atoms with E-state index in [0.29, 0.717) is 31.5 Å². The van der Waals surface area contributed by atoms with E-state index in [2.05, 4.69) is 10.2 Å². The second-order valence-electron chi connectivity index (χ2n) is 8.45. The van der Waals surface area contributed by atoms with Crippen LogP contribution in [0.5, 0.6) is 0 Å². The van der Waals surface area contributed by atoms with Crippen molar-refractivity contribution in [1.82, 2.24) is 15.1 Å². The van der Waals surface area contributed by atoms with Crippen molar-refractivity contribution in [2.24, 2.45) is 5.41 Å². The van der Waals surface area contributed by atoms with Gasteiger partial charge in [-0.3, -0.25) is 19.3 Å². The fourth-order valence-electron chi connectivity index (χ4n) is 4.74. The lowest BCUT2D eigenvalue weighted by atomic mass is 9.76. The minimum Gasteiger partial charge on any atom is -0.461 e. The molecule has 156 valence electrons. The predicted octanol–water partition coefficient (Wildman–Crippen LogP) is 1.44. The number of nitrogens with one attached hydrogen (secondary N) is 1. The monoisotopic (exact) mass is 399 g/mol. The summed E-state index contributed by atoms with van der Waals surface area (Å²) in [7, 11) is 0. The first kappa shape index (κ1) is 19.9. The molecule has 3 saturated heterocycles. The van der Waals surface area contributed by atoms with E-state index in [1.54, 1.807) is 29.2 Å². The summed E-state index contributed by atoms with van der Waals surface area (Å²) in [5, 5.41) is 2.69. The topological polar surface area (TPSA) is 79.0 Å². The van der Waals surface area contributed by atoms with Crippen LogP contribution in [-0.2, 0) is 14.3 Å². The van der Waals surface area contributed by atoms with Crippen LogP contribution in [0.15, 0.2) is 30.3 Å². The molecule has 1 N–H and O–H groups in total. The van der Waals surface area contributed by atoms with Gasteiger partial charge in [-0.05, 0) is 50.9 Å². The highest BCUT2D eigenvalue weighted by Crippen LogP contribution is 2.43. The Labute approximate surface area is 171 Å². The molecule has 3 fully saturated rings. The highest BCUT2D eigenvalue weighted by atomic mass is 16.6. The minimum absolute atomic E-state index is 0.0204. The van der Waals surface area contributed by atoms with Crippen LogP contribution in [0.25, 0.3) is 0 Å². The molecular weight excluding hydrogens is 370 g/mol. The lowest BCUT2D eigenvalue weighted by molar-refractivity contribution is -0.152. The normalized spacial score (nSPS) is 23.9. The zero-order chi connectivity index (χ0) is 20.3. The zero-order valence-electron chi connectivity index (χ0n) is 16.8. The van der Waals surface area contributed by atoms with E-state index in [9.17, 15) is 14.4 Å². The number of nitrogens with zero attached hydrogens (tertiary/aromatic N) is 2. The highest BCUT2D eigenvalue weighted by Gasteiger charge is 2.51. The Morgan fingerprint density at radius 1 is 1.07 bits per heavy atom.